The number of aromatic nitrogens is 3. The number of benzene rings is 3. The van der Waals surface area contributed by atoms with E-state index in [1.807, 2.05) is 55.5 Å². The maximum atomic E-state index is 12.2. The van der Waals surface area contributed by atoms with Crippen LogP contribution in [0.3, 0.4) is 0 Å². The molecule has 0 atom stereocenters. The van der Waals surface area contributed by atoms with E-state index < -0.39 is 0 Å². The minimum atomic E-state index is -0.253. The molecule has 0 radical (unpaired) electrons. The second kappa shape index (κ2) is 9.53. The number of nitrogens with zero attached hydrogens (tertiary/aromatic N) is 3. The van der Waals surface area contributed by atoms with Gasteiger partial charge in [0.25, 0.3) is 5.91 Å². The number of para-hydroxylation sites is 1. The van der Waals surface area contributed by atoms with Crippen molar-refractivity contribution < 1.29 is 23.7 Å². The molecule has 0 aliphatic carbocycles. The van der Waals surface area contributed by atoms with Crippen LogP contribution in [0.25, 0.3) is 17.1 Å². The van der Waals surface area contributed by atoms with Crippen LogP contribution in [0.4, 0.5) is 5.69 Å². The fraction of sp³-hybridized carbons (Fsp3) is 0.160. The van der Waals surface area contributed by atoms with Crippen LogP contribution in [0.15, 0.2) is 72.8 Å². The second-order valence-electron chi connectivity index (χ2n) is 7.33. The molecule has 9 nitrogen and oxygen atoms in total. The van der Waals surface area contributed by atoms with Gasteiger partial charge in [0, 0.05) is 11.3 Å². The van der Waals surface area contributed by atoms with Crippen LogP contribution in [0.2, 0.25) is 0 Å². The monoisotopic (exact) mass is 458 g/mol. The van der Waals surface area contributed by atoms with E-state index in [1.54, 1.807) is 28.9 Å². The summed E-state index contributed by atoms with van der Waals surface area (Å²) in [5.74, 6) is 2.32. The lowest BCUT2D eigenvalue weighted by atomic mass is 10.2. The number of ether oxygens (including phenoxy) is 4. The molecule has 0 bridgehead atoms. The molecule has 0 spiro atoms. The van der Waals surface area contributed by atoms with Crippen molar-refractivity contribution in [3.63, 3.8) is 0 Å². The largest absolute Gasteiger partial charge is 0.484 e. The number of hydrogen-bond acceptors (Lipinski definition) is 7. The number of carbonyl (C=O) groups excluding carboxylic acids is 1. The average Bonchev–Trinajstić information content (AvgIpc) is 3.51. The van der Waals surface area contributed by atoms with Crippen LogP contribution in [0.1, 0.15) is 6.92 Å². The van der Waals surface area contributed by atoms with Crippen molar-refractivity contribution in [2.24, 2.45) is 0 Å². The molecule has 0 saturated heterocycles. The zero-order chi connectivity index (χ0) is 23.3. The summed E-state index contributed by atoms with van der Waals surface area (Å²) in [6, 6.07) is 22.3. The summed E-state index contributed by atoms with van der Waals surface area (Å²) in [7, 11) is 0. The van der Waals surface area contributed by atoms with Gasteiger partial charge in [0.15, 0.2) is 23.9 Å². The van der Waals surface area contributed by atoms with Gasteiger partial charge in [-0.2, -0.15) is 4.98 Å². The Hall–Kier alpha value is -4.53. The Bertz CT molecular complexity index is 1290. The van der Waals surface area contributed by atoms with Crippen LogP contribution in [-0.2, 0) is 4.79 Å². The normalized spacial score (nSPS) is 11.8. The maximum absolute atomic E-state index is 12.2. The number of hydrogen-bond donors (Lipinski definition) is 1. The fourth-order valence-electron chi connectivity index (χ4n) is 3.43. The molecule has 34 heavy (non-hydrogen) atoms. The Balaban J connectivity index is 1.34. The van der Waals surface area contributed by atoms with Crippen molar-refractivity contribution in [1.82, 2.24) is 14.8 Å². The highest BCUT2D eigenvalue weighted by atomic mass is 16.7. The SMILES string of the molecule is CCOc1nc(-c2ccc3c(c2)OCO3)n(-c2ccc(NC(=O)COc3ccccc3)cc2)n1. The molecule has 172 valence electrons. The summed E-state index contributed by atoms with van der Waals surface area (Å²) in [4.78, 5) is 16.8. The molecule has 0 fully saturated rings. The molecule has 0 unspecified atom stereocenters. The van der Waals surface area contributed by atoms with E-state index >= 15 is 0 Å². The van der Waals surface area contributed by atoms with Gasteiger partial charge < -0.3 is 24.3 Å². The summed E-state index contributed by atoms with van der Waals surface area (Å²) in [5.41, 5.74) is 2.20. The lowest BCUT2D eigenvalue weighted by molar-refractivity contribution is -0.118. The molecule has 1 aliphatic heterocycles. The van der Waals surface area contributed by atoms with Crippen molar-refractivity contribution >= 4 is 11.6 Å². The van der Waals surface area contributed by atoms with Crippen LogP contribution < -0.4 is 24.3 Å². The van der Waals surface area contributed by atoms with E-state index in [0.717, 1.165) is 11.3 Å². The number of carbonyl (C=O) groups is 1. The van der Waals surface area contributed by atoms with Gasteiger partial charge in [-0.3, -0.25) is 4.79 Å². The molecule has 1 amide bonds. The zero-order valence-corrected chi connectivity index (χ0v) is 18.4. The first-order valence-electron chi connectivity index (χ1n) is 10.8. The predicted molar refractivity (Wildman–Crippen MR) is 125 cm³/mol. The molecule has 1 N–H and O–H groups in total. The van der Waals surface area contributed by atoms with Gasteiger partial charge in [-0.05, 0) is 61.5 Å². The molecule has 3 aromatic carbocycles. The van der Waals surface area contributed by atoms with Gasteiger partial charge in [-0.25, -0.2) is 4.68 Å². The van der Waals surface area contributed by atoms with Crippen LogP contribution >= 0.6 is 0 Å². The quantitative estimate of drug-likeness (QED) is 0.425. The van der Waals surface area contributed by atoms with E-state index in [2.05, 4.69) is 15.4 Å². The third-order valence-electron chi connectivity index (χ3n) is 5.00. The molecule has 4 aromatic rings. The van der Waals surface area contributed by atoms with Crippen LogP contribution in [0.5, 0.6) is 23.3 Å². The minimum absolute atomic E-state index is 0.0825. The van der Waals surface area contributed by atoms with E-state index in [9.17, 15) is 4.79 Å². The van der Waals surface area contributed by atoms with Gasteiger partial charge in [0.1, 0.15) is 5.75 Å². The molecular formula is C25H22N4O5. The molecular weight excluding hydrogens is 436 g/mol. The number of rotatable bonds is 8. The van der Waals surface area contributed by atoms with Crippen LogP contribution in [-0.4, -0.2) is 40.7 Å². The maximum Gasteiger partial charge on any atom is 0.336 e. The lowest BCUT2D eigenvalue weighted by Gasteiger charge is -2.09. The Labute approximate surface area is 195 Å². The van der Waals surface area contributed by atoms with Crippen molar-refractivity contribution in [2.75, 3.05) is 25.3 Å². The van der Waals surface area contributed by atoms with Crippen molar-refractivity contribution in [2.45, 2.75) is 6.92 Å². The number of anilines is 1. The van der Waals surface area contributed by atoms with E-state index in [0.29, 0.717) is 35.4 Å². The molecule has 5 rings (SSSR count). The Morgan fingerprint density at radius 1 is 1.00 bits per heavy atom. The summed E-state index contributed by atoms with van der Waals surface area (Å²) in [6.45, 7) is 2.43. The highest BCUT2D eigenvalue weighted by Gasteiger charge is 2.19. The van der Waals surface area contributed by atoms with Gasteiger partial charge in [0.05, 0.1) is 12.3 Å². The fourth-order valence-corrected chi connectivity index (χ4v) is 3.43. The number of amides is 1. The van der Waals surface area contributed by atoms with Gasteiger partial charge in [0.2, 0.25) is 6.79 Å². The summed E-state index contributed by atoms with van der Waals surface area (Å²) >= 11 is 0. The zero-order valence-electron chi connectivity index (χ0n) is 18.4. The first-order valence-corrected chi connectivity index (χ1v) is 10.8. The smallest absolute Gasteiger partial charge is 0.336 e. The summed E-state index contributed by atoms with van der Waals surface area (Å²) in [6.07, 6.45) is 0. The highest BCUT2D eigenvalue weighted by molar-refractivity contribution is 5.92. The first-order chi connectivity index (χ1) is 16.7. The average molecular weight is 458 g/mol. The first kappa shape index (κ1) is 21.3. The molecule has 2 heterocycles. The molecule has 1 aliphatic rings. The van der Waals surface area contributed by atoms with E-state index in [-0.39, 0.29) is 25.3 Å². The Morgan fingerprint density at radius 3 is 2.59 bits per heavy atom. The van der Waals surface area contributed by atoms with Gasteiger partial charge in [-0.1, -0.05) is 18.2 Å². The summed E-state index contributed by atoms with van der Waals surface area (Å²) < 4.78 is 23.6. The number of fused-ring (bicyclic) bond motifs is 1. The second-order valence-corrected chi connectivity index (χ2v) is 7.33. The highest BCUT2D eigenvalue weighted by Crippen LogP contribution is 2.36. The summed E-state index contributed by atoms with van der Waals surface area (Å²) in [5, 5.41) is 7.32. The van der Waals surface area contributed by atoms with E-state index in [4.69, 9.17) is 18.9 Å². The van der Waals surface area contributed by atoms with Crippen LogP contribution in [0, 0.1) is 0 Å². The van der Waals surface area contributed by atoms with E-state index in [1.165, 1.54) is 0 Å². The molecule has 9 heteroatoms. The molecule has 0 saturated carbocycles. The van der Waals surface area contributed by atoms with Gasteiger partial charge in [-0.15, -0.1) is 5.10 Å². The Morgan fingerprint density at radius 2 is 1.79 bits per heavy atom. The Kier molecular flexibility index (Phi) is 5.98. The number of nitrogens with one attached hydrogen (secondary N) is 1. The van der Waals surface area contributed by atoms with Crippen molar-refractivity contribution in [3.8, 4) is 40.3 Å². The minimum Gasteiger partial charge on any atom is -0.484 e. The predicted octanol–water partition coefficient (Wildman–Crippen LogP) is 4.08. The molecule has 1 aromatic heterocycles. The van der Waals surface area contributed by atoms with Crippen molar-refractivity contribution in [1.29, 1.82) is 0 Å². The third kappa shape index (κ3) is 4.63. The lowest BCUT2D eigenvalue weighted by Crippen LogP contribution is -2.20. The standard InChI is InChI=1S/C25H22N4O5/c1-2-31-25-27-24(17-8-13-21-22(14-17)34-16-33-21)29(28-25)19-11-9-18(10-12-19)26-23(30)15-32-20-6-4-3-5-7-20/h3-14H,2,15-16H2,1H3,(H,26,30). The third-order valence-corrected chi connectivity index (χ3v) is 5.00. The topological polar surface area (TPSA) is 96.7 Å². The van der Waals surface area contributed by atoms with Crippen molar-refractivity contribution in [3.05, 3.63) is 72.8 Å². The van der Waals surface area contributed by atoms with Gasteiger partial charge >= 0.3 is 6.01 Å².